The van der Waals surface area contributed by atoms with E-state index in [1.54, 1.807) is 12.1 Å². The zero-order valence-electron chi connectivity index (χ0n) is 9.17. The van der Waals surface area contributed by atoms with Crippen LogP contribution in [-0.4, -0.2) is 16.9 Å². The van der Waals surface area contributed by atoms with Crippen molar-refractivity contribution in [2.75, 3.05) is 0 Å². The van der Waals surface area contributed by atoms with Gasteiger partial charge in [0.1, 0.15) is 5.15 Å². The monoisotopic (exact) mass is 226 g/mol. The summed E-state index contributed by atoms with van der Waals surface area (Å²) in [7, 11) is 0. The highest BCUT2D eigenvalue weighted by atomic mass is 35.5. The molecule has 1 amide bonds. The van der Waals surface area contributed by atoms with E-state index >= 15 is 0 Å². The largest absolute Gasteiger partial charge is 0.350 e. The molecule has 1 unspecified atom stereocenters. The number of hydrogen-bond donors (Lipinski definition) is 1. The Morgan fingerprint density at radius 2 is 2.27 bits per heavy atom. The molecule has 1 aromatic rings. The molecule has 3 nitrogen and oxygen atoms in total. The van der Waals surface area contributed by atoms with Crippen LogP contribution in [-0.2, 0) is 0 Å². The quantitative estimate of drug-likeness (QED) is 0.805. The van der Waals surface area contributed by atoms with Gasteiger partial charge < -0.3 is 5.32 Å². The van der Waals surface area contributed by atoms with E-state index in [9.17, 15) is 4.79 Å². The molecule has 4 heteroatoms. The van der Waals surface area contributed by atoms with E-state index in [2.05, 4.69) is 10.3 Å². The predicted octanol–water partition coefficient (Wildman–Crippen LogP) is 2.57. The van der Waals surface area contributed by atoms with Crippen LogP contribution >= 0.6 is 11.6 Å². The summed E-state index contributed by atoms with van der Waals surface area (Å²) in [5.41, 5.74) is 1.24. The lowest BCUT2D eigenvalue weighted by molar-refractivity contribution is 0.0939. The summed E-state index contributed by atoms with van der Waals surface area (Å²) in [5, 5.41) is 3.10. The fourth-order valence-electron chi connectivity index (χ4n) is 1.10. The molecule has 15 heavy (non-hydrogen) atoms. The number of pyridine rings is 1. The van der Waals surface area contributed by atoms with Crippen molar-refractivity contribution in [3.05, 3.63) is 28.5 Å². The molecular formula is C11H15ClN2O. The maximum absolute atomic E-state index is 11.7. The Morgan fingerprint density at radius 1 is 1.60 bits per heavy atom. The molecule has 0 radical (unpaired) electrons. The number of hydrogen-bond acceptors (Lipinski definition) is 2. The smallest absolute Gasteiger partial charge is 0.254 e. The topological polar surface area (TPSA) is 42.0 Å². The second-order valence-corrected chi connectivity index (χ2v) is 3.93. The van der Waals surface area contributed by atoms with Crippen LogP contribution in [0.2, 0.25) is 5.15 Å². The number of aromatic nitrogens is 1. The maximum Gasteiger partial charge on any atom is 0.254 e. The molecule has 0 bridgehead atoms. The van der Waals surface area contributed by atoms with E-state index in [-0.39, 0.29) is 17.1 Å². The molecule has 0 saturated carbocycles. The van der Waals surface area contributed by atoms with Crippen molar-refractivity contribution in [1.82, 2.24) is 10.3 Å². The van der Waals surface area contributed by atoms with Gasteiger partial charge in [0.15, 0.2) is 0 Å². The lowest BCUT2D eigenvalue weighted by Gasteiger charge is -2.11. The first-order valence-corrected chi connectivity index (χ1v) is 5.36. The van der Waals surface area contributed by atoms with Gasteiger partial charge in [-0.1, -0.05) is 18.5 Å². The van der Waals surface area contributed by atoms with E-state index < -0.39 is 0 Å². The second-order valence-electron chi connectivity index (χ2n) is 3.57. The standard InChI is InChI=1S/C11H15ClN2O/c1-4-7(2)14-11(15)9-6-5-8(3)13-10(9)12/h5-7H,4H2,1-3H3,(H,14,15). The molecule has 1 atom stereocenters. The lowest BCUT2D eigenvalue weighted by atomic mass is 10.2. The highest BCUT2D eigenvalue weighted by Crippen LogP contribution is 2.13. The zero-order chi connectivity index (χ0) is 11.4. The van der Waals surface area contributed by atoms with Crippen molar-refractivity contribution >= 4 is 17.5 Å². The Morgan fingerprint density at radius 3 is 2.80 bits per heavy atom. The Labute approximate surface area is 94.9 Å². The van der Waals surface area contributed by atoms with Crippen molar-refractivity contribution in [2.24, 2.45) is 0 Å². The van der Waals surface area contributed by atoms with Crippen molar-refractivity contribution < 1.29 is 4.79 Å². The summed E-state index contributed by atoms with van der Waals surface area (Å²) in [6.07, 6.45) is 0.892. The Hall–Kier alpha value is -1.09. The van der Waals surface area contributed by atoms with E-state index in [1.165, 1.54) is 0 Å². The van der Waals surface area contributed by atoms with Crippen molar-refractivity contribution in [1.29, 1.82) is 0 Å². The van der Waals surface area contributed by atoms with Gasteiger partial charge in [-0.05, 0) is 32.4 Å². The molecule has 0 aliphatic rings. The third-order valence-electron chi connectivity index (χ3n) is 2.22. The molecular weight excluding hydrogens is 212 g/mol. The number of rotatable bonds is 3. The number of nitrogens with one attached hydrogen (secondary N) is 1. The molecule has 1 aromatic heterocycles. The Kier molecular flexibility index (Phi) is 4.09. The van der Waals surface area contributed by atoms with Gasteiger partial charge in [0, 0.05) is 11.7 Å². The zero-order valence-corrected chi connectivity index (χ0v) is 9.93. The van der Waals surface area contributed by atoms with Gasteiger partial charge >= 0.3 is 0 Å². The Balaban J connectivity index is 2.82. The number of amides is 1. The van der Waals surface area contributed by atoms with Crippen LogP contribution in [0.25, 0.3) is 0 Å². The SMILES string of the molecule is CCC(C)NC(=O)c1ccc(C)nc1Cl. The summed E-state index contributed by atoms with van der Waals surface area (Å²) in [6.45, 7) is 5.80. The minimum atomic E-state index is -0.165. The molecule has 0 aliphatic carbocycles. The maximum atomic E-state index is 11.7. The first kappa shape index (κ1) is 12.0. The van der Waals surface area contributed by atoms with Crippen molar-refractivity contribution in [3.8, 4) is 0 Å². The van der Waals surface area contributed by atoms with Gasteiger partial charge in [-0.25, -0.2) is 4.98 Å². The van der Waals surface area contributed by atoms with Gasteiger partial charge in [-0.15, -0.1) is 0 Å². The normalized spacial score (nSPS) is 12.3. The number of halogens is 1. The van der Waals surface area contributed by atoms with Crippen LogP contribution < -0.4 is 5.32 Å². The first-order valence-electron chi connectivity index (χ1n) is 4.98. The molecule has 0 aliphatic heterocycles. The van der Waals surface area contributed by atoms with Crippen LogP contribution in [0.1, 0.15) is 36.3 Å². The van der Waals surface area contributed by atoms with Crippen LogP contribution in [0.15, 0.2) is 12.1 Å². The van der Waals surface area contributed by atoms with E-state index in [4.69, 9.17) is 11.6 Å². The predicted molar refractivity (Wildman–Crippen MR) is 61.2 cm³/mol. The summed E-state index contributed by atoms with van der Waals surface area (Å²) >= 11 is 5.88. The van der Waals surface area contributed by atoms with Gasteiger partial charge in [0.2, 0.25) is 0 Å². The average Bonchev–Trinajstić information content (AvgIpc) is 2.17. The molecule has 0 spiro atoms. The minimum Gasteiger partial charge on any atom is -0.350 e. The summed E-state index contributed by atoms with van der Waals surface area (Å²) in [4.78, 5) is 15.7. The summed E-state index contributed by atoms with van der Waals surface area (Å²) in [5.74, 6) is -0.165. The number of aryl methyl sites for hydroxylation is 1. The first-order chi connectivity index (χ1) is 7.04. The highest BCUT2D eigenvalue weighted by molar-refractivity contribution is 6.32. The number of carbonyl (C=O) groups is 1. The van der Waals surface area contributed by atoms with Gasteiger partial charge in [-0.3, -0.25) is 4.79 Å². The fraction of sp³-hybridized carbons (Fsp3) is 0.455. The van der Waals surface area contributed by atoms with Gasteiger partial charge in [-0.2, -0.15) is 0 Å². The third-order valence-corrected chi connectivity index (χ3v) is 2.51. The fourth-order valence-corrected chi connectivity index (χ4v) is 1.38. The van der Waals surface area contributed by atoms with Crippen LogP contribution in [0.4, 0.5) is 0 Å². The van der Waals surface area contributed by atoms with Crippen molar-refractivity contribution in [3.63, 3.8) is 0 Å². The van der Waals surface area contributed by atoms with Crippen LogP contribution in [0.5, 0.6) is 0 Å². The van der Waals surface area contributed by atoms with E-state index in [0.29, 0.717) is 5.56 Å². The molecule has 0 aromatic carbocycles. The molecule has 82 valence electrons. The third kappa shape index (κ3) is 3.20. The van der Waals surface area contributed by atoms with Crippen LogP contribution in [0.3, 0.4) is 0 Å². The average molecular weight is 227 g/mol. The molecule has 1 N–H and O–H groups in total. The number of nitrogens with zero attached hydrogens (tertiary/aromatic N) is 1. The van der Waals surface area contributed by atoms with Gasteiger partial charge in [0.25, 0.3) is 5.91 Å². The molecule has 1 rings (SSSR count). The summed E-state index contributed by atoms with van der Waals surface area (Å²) in [6, 6.07) is 3.62. The molecule has 0 saturated heterocycles. The second kappa shape index (κ2) is 5.12. The Bertz CT molecular complexity index is 366. The highest BCUT2D eigenvalue weighted by Gasteiger charge is 2.12. The van der Waals surface area contributed by atoms with Crippen molar-refractivity contribution in [2.45, 2.75) is 33.2 Å². The van der Waals surface area contributed by atoms with Gasteiger partial charge in [0.05, 0.1) is 5.56 Å². The molecule has 1 heterocycles. The molecule has 0 fully saturated rings. The lowest BCUT2D eigenvalue weighted by Crippen LogP contribution is -2.32. The van der Waals surface area contributed by atoms with E-state index in [0.717, 1.165) is 12.1 Å². The summed E-state index contributed by atoms with van der Waals surface area (Å²) < 4.78 is 0. The minimum absolute atomic E-state index is 0.148. The van der Waals surface area contributed by atoms with Crippen LogP contribution in [0, 0.1) is 6.92 Å². The number of carbonyl (C=O) groups excluding carboxylic acids is 1. The van der Waals surface area contributed by atoms with E-state index in [1.807, 2.05) is 20.8 Å².